The maximum atomic E-state index is 12.1. The van der Waals surface area contributed by atoms with Crippen LogP contribution in [0.5, 0.6) is 5.75 Å². The molecule has 0 radical (unpaired) electrons. The number of carbonyl (C=O) groups excluding carboxylic acids is 1. The highest BCUT2D eigenvalue weighted by atomic mass is 35.5. The number of amides is 1. The molecule has 2 aromatic carbocycles. The Bertz CT molecular complexity index is 857. The van der Waals surface area contributed by atoms with Crippen LogP contribution in [-0.4, -0.2) is 31.6 Å². The van der Waals surface area contributed by atoms with Gasteiger partial charge in [-0.1, -0.05) is 41.4 Å². The number of benzene rings is 2. The molecule has 0 saturated carbocycles. The zero-order valence-corrected chi connectivity index (χ0v) is 16.1. The highest BCUT2D eigenvalue weighted by Gasteiger charge is 2.21. The van der Waals surface area contributed by atoms with Gasteiger partial charge in [0.15, 0.2) is 5.96 Å². The molecule has 3 rings (SSSR count). The van der Waals surface area contributed by atoms with Crippen LogP contribution < -0.4 is 21.1 Å². The van der Waals surface area contributed by atoms with Crippen LogP contribution in [0.1, 0.15) is 28.4 Å². The summed E-state index contributed by atoms with van der Waals surface area (Å²) in [6, 6.07) is 12.6. The first kappa shape index (κ1) is 19.3. The second-order valence-corrected chi connectivity index (χ2v) is 6.84. The molecule has 142 valence electrons. The SMILES string of the molecule is NC(=NCCNC(=O)c1ccc(Cl)c(Cl)c1)NC1CCOc2ccccc21. The van der Waals surface area contributed by atoms with Crippen LogP contribution in [-0.2, 0) is 0 Å². The van der Waals surface area contributed by atoms with Gasteiger partial charge in [0.05, 0.1) is 29.2 Å². The average Bonchev–Trinajstić information content (AvgIpc) is 2.67. The number of rotatable bonds is 5. The van der Waals surface area contributed by atoms with E-state index in [1.807, 2.05) is 24.3 Å². The molecule has 1 heterocycles. The Morgan fingerprint density at radius 3 is 2.85 bits per heavy atom. The van der Waals surface area contributed by atoms with Crippen molar-refractivity contribution in [3.05, 3.63) is 63.6 Å². The lowest BCUT2D eigenvalue weighted by Crippen LogP contribution is -2.38. The number of guanidine groups is 1. The predicted molar refractivity (Wildman–Crippen MR) is 108 cm³/mol. The van der Waals surface area contributed by atoms with Crippen LogP contribution in [0.15, 0.2) is 47.5 Å². The summed E-state index contributed by atoms with van der Waals surface area (Å²) in [5, 5.41) is 6.73. The number of aliphatic imine (C=N–C) groups is 1. The minimum absolute atomic E-state index is 0.0597. The third-order valence-electron chi connectivity index (χ3n) is 4.14. The molecule has 0 bridgehead atoms. The Balaban J connectivity index is 1.49. The smallest absolute Gasteiger partial charge is 0.251 e. The van der Waals surface area contributed by atoms with E-state index in [2.05, 4.69) is 15.6 Å². The molecular formula is C19H20Cl2N4O2. The van der Waals surface area contributed by atoms with Crippen LogP contribution >= 0.6 is 23.2 Å². The van der Waals surface area contributed by atoms with E-state index in [0.29, 0.717) is 41.3 Å². The standard InChI is InChI=1S/C19H20Cl2N4O2/c20-14-6-5-12(11-15(14)21)18(26)23-8-9-24-19(22)25-16-7-10-27-17-4-2-1-3-13(16)17/h1-6,11,16H,7-10H2,(H,23,26)(H3,22,24,25). The lowest BCUT2D eigenvalue weighted by atomic mass is 10.0. The van der Waals surface area contributed by atoms with Gasteiger partial charge in [-0.05, 0) is 24.3 Å². The molecule has 0 aromatic heterocycles. The summed E-state index contributed by atoms with van der Waals surface area (Å²) >= 11 is 11.8. The monoisotopic (exact) mass is 406 g/mol. The number of nitrogens with zero attached hydrogens (tertiary/aromatic N) is 1. The number of nitrogens with two attached hydrogens (primary N) is 1. The van der Waals surface area contributed by atoms with Crippen molar-refractivity contribution in [2.24, 2.45) is 10.7 Å². The van der Waals surface area contributed by atoms with Crippen molar-refractivity contribution in [3.8, 4) is 5.75 Å². The van der Waals surface area contributed by atoms with E-state index in [-0.39, 0.29) is 11.9 Å². The number of fused-ring (bicyclic) bond motifs is 1. The minimum Gasteiger partial charge on any atom is -0.493 e. The lowest BCUT2D eigenvalue weighted by Gasteiger charge is -2.26. The summed E-state index contributed by atoms with van der Waals surface area (Å²) in [7, 11) is 0. The number of hydrogen-bond acceptors (Lipinski definition) is 3. The van der Waals surface area contributed by atoms with E-state index in [0.717, 1.165) is 17.7 Å². The third kappa shape index (κ3) is 5.05. The lowest BCUT2D eigenvalue weighted by molar-refractivity contribution is 0.0955. The molecule has 1 amide bonds. The molecule has 1 aliphatic rings. The van der Waals surface area contributed by atoms with Gasteiger partial charge >= 0.3 is 0 Å². The van der Waals surface area contributed by atoms with Crippen molar-refractivity contribution in [2.75, 3.05) is 19.7 Å². The Hall–Kier alpha value is -2.44. The molecule has 0 spiro atoms. The first-order valence-corrected chi connectivity index (χ1v) is 9.31. The summed E-state index contributed by atoms with van der Waals surface area (Å²) in [6.45, 7) is 1.34. The Morgan fingerprint density at radius 2 is 2.04 bits per heavy atom. The molecule has 8 heteroatoms. The van der Waals surface area contributed by atoms with Crippen molar-refractivity contribution in [1.82, 2.24) is 10.6 Å². The van der Waals surface area contributed by atoms with E-state index in [1.165, 1.54) is 6.07 Å². The molecular weight excluding hydrogens is 387 g/mol. The minimum atomic E-state index is -0.242. The van der Waals surface area contributed by atoms with Crippen molar-refractivity contribution in [3.63, 3.8) is 0 Å². The first-order chi connectivity index (χ1) is 13.0. The van der Waals surface area contributed by atoms with Gasteiger partial charge in [0, 0.05) is 24.1 Å². The molecule has 0 aliphatic carbocycles. The Kier molecular flexibility index (Phi) is 6.42. The van der Waals surface area contributed by atoms with E-state index >= 15 is 0 Å². The zero-order valence-electron chi connectivity index (χ0n) is 14.5. The average molecular weight is 407 g/mol. The highest BCUT2D eigenvalue weighted by Crippen LogP contribution is 2.31. The molecule has 1 atom stereocenters. The number of hydrogen-bond donors (Lipinski definition) is 3. The van der Waals surface area contributed by atoms with E-state index in [1.54, 1.807) is 12.1 Å². The van der Waals surface area contributed by atoms with Gasteiger partial charge in [-0.15, -0.1) is 0 Å². The molecule has 1 aliphatic heterocycles. The summed E-state index contributed by atoms with van der Waals surface area (Å²) in [4.78, 5) is 16.4. The van der Waals surface area contributed by atoms with Gasteiger partial charge in [0.2, 0.25) is 0 Å². The molecule has 2 aromatic rings. The number of ether oxygens (including phenoxy) is 1. The third-order valence-corrected chi connectivity index (χ3v) is 4.88. The van der Waals surface area contributed by atoms with Crippen LogP contribution in [0.4, 0.5) is 0 Å². The summed E-state index contributed by atoms with van der Waals surface area (Å²) in [5.74, 6) is 0.956. The number of carbonyl (C=O) groups is 1. The quantitative estimate of drug-likeness (QED) is 0.404. The fourth-order valence-corrected chi connectivity index (χ4v) is 3.10. The van der Waals surface area contributed by atoms with Gasteiger partial charge in [-0.25, -0.2) is 0 Å². The highest BCUT2D eigenvalue weighted by molar-refractivity contribution is 6.42. The van der Waals surface area contributed by atoms with E-state index in [9.17, 15) is 4.79 Å². The van der Waals surface area contributed by atoms with Gasteiger partial charge < -0.3 is 21.1 Å². The number of para-hydroxylation sites is 1. The molecule has 4 N–H and O–H groups in total. The Morgan fingerprint density at radius 1 is 1.22 bits per heavy atom. The van der Waals surface area contributed by atoms with E-state index in [4.69, 9.17) is 33.7 Å². The van der Waals surface area contributed by atoms with Gasteiger partial charge in [-0.3, -0.25) is 9.79 Å². The van der Waals surface area contributed by atoms with Crippen molar-refractivity contribution in [1.29, 1.82) is 0 Å². The predicted octanol–water partition coefficient (Wildman–Crippen LogP) is 3.15. The molecule has 27 heavy (non-hydrogen) atoms. The van der Waals surface area contributed by atoms with Gasteiger partial charge in [-0.2, -0.15) is 0 Å². The molecule has 1 unspecified atom stereocenters. The van der Waals surface area contributed by atoms with E-state index < -0.39 is 0 Å². The summed E-state index contributed by atoms with van der Waals surface area (Å²) in [6.07, 6.45) is 0.807. The van der Waals surface area contributed by atoms with Crippen molar-refractivity contribution in [2.45, 2.75) is 12.5 Å². The first-order valence-electron chi connectivity index (χ1n) is 8.56. The fourth-order valence-electron chi connectivity index (χ4n) is 2.80. The van der Waals surface area contributed by atoms with Crippen molar-refractivity contribution < 1.29 is 9.53 Å². The van der Waals surface area contributed by atoms with Crippen LogP contribution in [0, 0.1) is 0 Å². The van der Waals surface area contributed by atoms with Crippen LogP contribution in [0.2, 0.25) is 10.0 Å². The molecule has 0 fully saturated rings. The van der Waals surface area contributed by atoms with Gasteiger partial charge in [0.1, 0.15) is 5.75 Å². The number of nitrogens with one attached hydrogen (secondary N) is 2. The zero-order chi connectivity index (χ0) is 19.2. The van der Waals surface area contributed by atoms with Crippen LogP contribution in [0.3, 0.4) is 0 Å². The maximum Gasteiger partial charge on any atom is 0.251 e. The topological polar surface area (TPSA) is 88.7 Å². The Labute approximate surface area is 167 Å². The molecule has 6 nitrogen and oxygen atoms in total. The van der Waals surface area contributed by atoms with Crippen LogP contribution in [0.25, 0.3) is 0 Å². The second-order valence-electron chi connectivity index (χ2n) is 6.02. The van der Waals surface area contributed by atoms with Gasteiger partial charge in [0.25, 0.3) is 5.91 Å². The second kappa shape index (κ2) is 8.97. The largest absolute Gasteiger partial charge is 0.493 e. The summed E-state index contributed by atoms with van der Waals surface area (Å²) in [5.41, 5.74) is 7.49. The summed E-state index contributed by atoms with van der Waals surface area (Å²) < 4.78 is 5.63. The normalized spacial score (nSPS) is 16.2. The van der Waals surface area contributed by atoms with Crippen molar-refractivity contribution >= 4 is 35.1 Å². The fraction of sp³-hybridized carbons (Fsp3) is 0.263. The molecule has 0 saturated heterocycles. The number of halogens is 2. The maximum absolute atomic E-state index is 12.1.